The summed E-state index contributed by atoms with van der Waals surface area (Å²) in [5, 5.41) is 21.8. The van der Waals surface area contributed by atoms with E-state index in [0.717, 1.165) is 0 Å². The van der Waals surface area contributed by atoms with Gasteiger partial charge < -0.3 is 19.8 Å². The van der Waals surface area contributed by atoms with E-state index < -0.39 is 46.7 Å². The van der Waals surface area contributed by atoms with Crippen LogP contribution in [0.2, 0.25) is 0 Å². The number of aliphatic hydroxyl groups is 2. The summed E-state index contributed by atoms with van der Waals surface area (Å²) >= 11 is 0. The maximum Gasteiger partial charge on any atom is 0.308 e. The quantitative estimate of drug-likeness (QED) is 0.488. The van der Waals surface area contributed by atoms with Crippen molar-refractivity contribution in [3.63, 3.8) is 0 Å². The highest BCUT2D eigenvalue weighted by molar-refractivity contribution is 6.01. The molecule has 6 aliphatic rings. The van der Waals surface area contributed by atoms with E-state index >= 15 is 8.78 Å². The minimum Gasteiger partial charge on any atom is -0.427 e. The number of rotatable bonds is 5. The number of carbonyl (C=O) groups is 3. The number of ether oxygens (including phenoxy) is 1. The second kappa shape index (κ2) is 9.51. The third-order valence-corrected chi connectivity index (χ3v) is 11.8. The molecule has 9 heteroatoms. The molecule has 6 rings (SSSR count). The third-order valence-electron chi connectivity index (χ3n) is 11.8. The van der Waals surface area contributed by atoms with Crippen molar-refractivity contribution in [1.29, 1.82) is 0 Å². The first-order valence-electron chi connectivity index (χ1n) is 14.7. The Kier molecular flexibility index (Phi) is 6.64. The molecular formula is C32H39F2NO6. The Hall–Kier alpha value is -2.49. The molecule has 7 nitrogen and oxygen atoms in total. The van der Waals surface area contributed by atoms with E-state index in [1.165, 1.54) is 25.2 Å². The third kappa shape index (κ3) is 3.80. The second-order valence-corrected chi connectivity index (χ2v) is 13.6. The van der Waals surface area contributed by atoms with E-state index in [-0.39, 0.29) is 53.7 Å². The molecule has 0 radical (unpaired) electrons. The lowest BCUT2D eigenvalue weighted by atomic mass is 9.43. The van der Waals surface area contributed by atoms with E-state index in [1.54, 1.807) is 13.0 Å². The van der Waals surface area contributed by atoms with Crippen molar-refractivity contribution >= 4 is 17.5 Å². The van der Waals surface area contributed by atoms with Crippen LogP contribution in [0.25, 0.3) is 0 Å². The maximum atomic E-state index is 17.5. The number of aliphatic hydroxyl groups excluding tert-OH is 2. The van der Waals surface area contributed by atoms with Gasteiger partial charge in [0.1, 0.15) is 18.5 Å². The molecule has 0 aromatic rings. The Bertz CT molecular complexity index is 1310. The molecule has 3 saturated carbocycles. The first kappa shape index (κ1) is 28.6. The van der Waals surface area contributed by atoms with Crippen LogP contribution < -0.4 is 0 Å². The Labute approximate surface area is 239 Å². The summed E-state index contributed by atoms with van der Waals surface area (Å²) in [7, 11) is 0. The van der Waals surface area contributed by atoms with Gasteiger partial charge in [-0.2, -0.15) is 0 Å². The zero-order valence-corrected chi connectivity index (χ0v) is 23.8. The van der Waals surface area contributed by atoms with Gasteiger partial charge in [0.2, 0.25) is 0 Å². The molecule has 1 unspecified atom stereocenters. The molecule has 1 heterocycles. The predicted octanol–water partition coefficient (Wildman–Crippen LogP) is 3.42. The summed E-state index contributed by atoms with van der Waals surface area (Å²) in [6.07, 6.45) is 7.57. The minimum absolute atomic E-state index is 0.0141. The van der Waals surface area contributed by atoms with E-state index in [4.69, 9.17) is 4.74 Å². The molecule has 0 amide bonds. The number of ketones is 2. The minimum atomic E-state index is -2.19. The molecule has 1 saturated heterocycles. The fraction of sp³-hybridized carbons (Fsp3) is 0.656. The van der Waals surface area contributed by atoms with Gasteiger partial charge in [0.05, 0.1) is 11.5 Å². The Morgan fingerprint density at radius 3 is 2.61 bits per heavy atom. The van der Waals surface area contributed by atoms with Crippen molar-refractivity contribution in [2.45, 2.75) is 64.4 Å². The van der Waals surface area contributed by atoms with Crippen molar-refractivity contribution in [3.8, 4) is 0 Å². The van der Waals surface area contributed by atoms with E-state index in [2.05, 4.69) is 4.90 Å². The van der Waals surface area contributed by atoms with Crippen LogP contribution in [0.3, 0.4) is 0 Å². The summed E-state index contributed by atoms with van der Waals surface area (Å²) in [4.78, 5) is 39.3. The lowest BCUT2D eigenvalue weighted by Crippen LogP contribution is -2.69. The average molecular weight is 572 g/mol. The van der Waals surface area contributed by atoms with Gasteiger partial charge >= 0.3 is 5.97 Å². The molecule has 4 fully saturated rings. The Balaban J connectivity index is 1.30. The van der Waals surface area contributed by atoms with Crippen molar-refractivity contribution in [1.82, 2.24) is 4.90 Å². The summed E-state index contributed by atoms with van der Waals surface area (Å²) in [5.74, 6) is -1.79. The second-order valence-electron chi connectivity index (χ2n) is 13.6. The predicted molar refractivity (Wildman–Crippen MR) is 146 cm³/mol. The van der Waals surface area contributed by atoms with Gasteiger partial charge in [-0.05, 0) is 85.7 Å². The summed E-state index contributed by atoms with van der Waals surface area (Å²) < 4.78 is 38.4. The normalized spacial score (nSPS) is 46.7. The number of hydrogen-bond donors (Lipinski definition) is 2. The number of Topliss-reactive ketones (excluding diaryl/α,β-unsaturated/α-hetero) is 1. The fourth-order valence-electron chi connectivity index (χ4n) is 10.0. The van der Waals surface area contributed by atoms with Crippen LogP contribution in [0.1, 0.15) is 46.5 Å². The number of likely N-dealkylation sites (tertiary alicyclic amines) is 1. The van der Waals surface area contributed by atoms with E-state index in [0.29, 0.717) is 38.2 Å². The first-order valence-corrected chi connectivity index (χ1v) is 14.7. The highest BCUT2D eigenvalue weighted by atomic mass is 19.1. The standard InChI is InChI=1S/C32H39F2NO6/c1-18(37)41-22-6-4-19(5-7-22)14-35-15-20-10-23-24-12-26(33)25-11-21(38)8-9-29(25,2)32(24,34)27(39)13-30(23,3)31(20,17-35)28(40)16-36/h4,6-9,11,19-20,23-24,26-27,36,39H,5,10,12-17H2,1-3H3/t19?,20-,23-,24-,26-,27-,29-,30-,31+,32-/m0/s1. The molecule has 10 atom stereocenters. The number of hydrogen-bond acceptors (Lipinski definition) is 7. The number of halogens is 2. The SMILES string of the molecule is CC(=O)OC1=CCC(CN2C[C@@H]3C[C@H]4[C@@H]5C[C@H](F)C6=CC(=O)C=C[C@]6(C)[C@@]5(F)[C@@H](O)C[C@]4(C)[C@]3(C(=O)CO)C2)C=C1. The number of nitrogens with zero attached hydrogens (tertiary/aromatic N) is 1. The molecule has 1 aliphatic heterocycles. The van der Waals surface area contributed by atoms with Gasteiger partial charge in [-0.1, -0.05) is 19.1 Å². The highest BCUT2D eigenvalue weighted by Crippen LogP contribution is 2.74. The van der Waals surface area contributed by atoms with Crippen LogP contribution in [0, 0.1) is 39.9 Å². The topological polar surface area (TPSA) is 104 Å². The number of esters is 1. The van der Waals surface area contributed by atoms with Crippen LogP contribution in [-0.2, 0) is 19.1 Å². The van der Waals surface area contributed by atoms with Gasteiger partial charge in [0.15, 0.2) is 17.2 Å². The Morgan fingerprint density at radius 2 is 1.95 bits per heavy atom. The molecule has 2 N–H and O–H groups in total. The smallest absolute Gasteiger partial charge is 0.308 e. The monoisotopic (exact) mass is 571 g/mol. The van der Waals surface area contributed by atoms with Gasteiger partial charge in [-0.3, -0.25) is 14.4 Å². The van der Waals surface area contributed by atoms with Crippen molar-refractivity contribution in [3.05, 3.63) is 47.8 Å². The zero-order chi connectivity index (χ0) is 29.5. The molecular weight excluding hydrogens is 532 g/mol. The molecule has 0 aromatic carbocycles. The molecule has 0 spiro atoms. The van der Waals surface area contributed by atoms with Crippen LogP contribution in [0.15, 0.2) is 47.8 Å². The molecule has 0 bridgehead atoms. The van der Waals surface area contributed by atoms with Crippen LogP contribution in [0.4, 0.5) is 8.78 Å². The largest absolute Gasteiger partial charge is 0.427 e. The molecule has 0 aromatic heterocycles. The number of alkyl halides is 2. The van der Waals surface area contributed by atoms with Gasteiger partial charge in [-0.15, -0.1) is 0 Å². The number of carbonyl (C=O) groups excluding carboxylic acids is 3. The highest BCUT2D eigenvalue weighted by Gasteiger charge is 2.78. The maximum absolute atomic E-state index is 17.5. The van der Waals surface area contributed by atoms with Crippen LogP contribution >= 0.6 is 0 Å². The van der Waals surface area contributed by atoms with Crippen molar-refractivity contribution in [2.24, 2.45) is 39.9 Å². The lowest BCUT2D eigenvalue weighted by Gasteiger charge is -2.63. The summed E-state index contributed by atoms with van der Waals surface area (Å²) in [5.41, 5.74) is -5.41. The summed E-state index contributed by atoms with van der Waals surface area (Å²) in [6, 6.07) is 0. The molecule has 5 aliphatic carbocycles. The van der Waals surface area contributed by atoms with Gasteiger partial charge in [-0.25, -0.2) is 8.78 Å². The van der Waals surface area contributed by atoms with Crippen LogP contribution in [0.5, 0.6) is 0 Å². The average Bonchev–Trinajstić information content (AvgIpc) is 3.39. The van der Waals surface area contributed by atoms with Crippen molar-refractivity contribution in [2.75, 3.05) is 26.2 Å². The molecule has 222 valence electrons. The van der Waals surface area contributed by atoms with Gasteiger partial charge in [0.25, 0.3) is 0 Å². The first-order chi connectivity index (χ1) is 19.3. The zero-order valence-electron chi connectivity index (χ0n) is 23.8. The number of fused-ring (bicyclic) bond motifs is 7. The van der Waals surface area contributed by atoms with Crippen LogP contribution in [-0.4, -0.2) is 76.8 Å². The number of allylic oxidation sites excluding steroid dienone is 6. The lowest BCUT2D eigenvalue weighted by molar-refractivity contribution is -0.212. The fourth-order valence-corrected chi connectivity index (χ4v) is 10.0. The van der Waals surface area contributed by atoms with Gasteiger partial charge in [0, 0.05) is 37.9 Å². The van der Waals surface area contributed by atoms with Crippen molar-refractivity contribution < 1.29 is 38.1 Å². The molecule has 41 heavy (non-hydrogen) atoms. The van der Waals surface area contributed by atoms with E-state index in [9.17, 15) is 24.6 Å². The summed E-state index contributed by atoms with van der Waals surface area (Å²) in [6.45, 7) is 5.85. The van der Waals surface area contributed by atoms with E-state index in [1.807, 2.05) is 19.1 Å². The Morgan fingerprint density at radius 1 is 1.20 bits per heavy atom.